The van der Waals surface area contributed by atoms with E-state index in [0.29, 0.717) is 5.92 Å². The monoisotopic (exact) mass is 329 g/mol. The number of rotatable bonds is 5. The Labute approximate surface area is 152 Å². The summed E-state index contributed by atoms with van der Waals surface area (Å²) in [4.78, 5) is 2.33. The summed E-state index contributed by atoms with van der Waals surface area (Å²) in [5, 5.41) is 0. The van der Waals surface area contributed by atoms with Crippen molar-refractivity contribution in [2.75, 3.05) is 4.90 Å². The number of allylic oxidation sites excluding steroid dienone is 4. The van der Waals surface area contributed by atoms with Crippen molar-refractivity contribution in [2.24, 2.45) is 5.92 Å². The quantitative estimate of drug-likeness (QED) is 0.569. The molecule has 0 saturated heterocycles. The van der Waals surface area contributed by atoms with Crippen LogP contribution in [0.2, 0.25) is 0 Å². The minimum absolute atomic E-state index is 0.610. The Kier molecular flexibility index (Phi) is 5.23. The van der Waals surface area contributed by atoms with Gasteiger partial charge in [0.1, 0.15) is 0 Å². The number of nitrogens with zero attached hydrogens (tertiary/aromatic N) is 1. The van der Waals surface area contributed by atoms with Gasteiger partial charge in [0.2, 0.25) is 0 Å². The molecule has 1 aliphatic rings. The molecule has 1 heteroatoms. The van der Waals surface area contributed by atoms with Crippen LogP contribution < -0.4 is 4.90 Å². The summed E-state index contributed by atoms with van der Waals surface area (Å²) in [5.74, 6) is 0.610. The second-order valence-corrected chi connectivity index (χ2v) is 6.88. The Balaban J connectivity index is 2.00. The van der Waals surface area contributed by atoms with E-state index >= 15 is 0 Å². The second kappa shape index (κ2) is 7.57. The van der Waals surface area contributed by atoms with Gasteiger partial charge in [-0.25, -0.2) is 0 Å². The maximum atomic E-state index is 4.15. The van der Waals surface area contributed by atoms with Crippen LogP contribution in [0.3, 0.4) is 0 Å². The van der Waals surface area contributed by atoms with Crippen LogP contribution in [0.15, 0.2) is 79.0 Å². The maximum absolute atomic E-state index is 4.15. The van der Waals surface area contributed by atoms with Crippen molar-refractivity contribution in [3.63, 3.8) is 0 Å². The van der Waals surface area contributed by atoms with E-state index in [-0.39, 0.29) is 0 Å². The average Bonchev–Trinajstić information content (AvgIpc) is 2.65. The van der Waals surface area contributed by atoms with Crippen molar-refractivity contribution in [3.8, 4) is 0 Å². The fraction of sp³-hybridized carbons (Fsp3) is 0.250. The van der Waals surface area contributed by atoms with Gasteiger partial charge in [-0.3, -0.25) is 0 Å². The molecule has 0 spiro atoms. The first-order chi connectivity index (χ1) is 12.1. The van der Waals surface area contributed by atoms with Crippen LogP contribution in [0.5, 0.6) is 0 Å². The molecule has 0 radical (unpaired) electrons. The van der Waals surface area contributed by atoms with E-state index in [1.807, 2.05) is 0 Å². The van der Waals surface area contributed by atoms with Gasteiger partial charge in [-0.05, 0) is 67.2 Å². The smallest absolute Gasteiger partial charge is 0.0461 e. The molecule has 1 unspecified atom stereocenters. The molecule has 1 atom stereocenters. The minimum atomic E-state index is 0.610. The van der Waals surface area contributed by atoms with Gasteiger partial charge < -0.3 is 4.90 Å². The lowest BCUT2D eigenvalue weighted by atomic mass is 10.00. The summed E-state index contributed by atoms with van der Waals surface area (Å²) >= 11 is 0. The zero-order chi connectivity index (χ0) is 17.8. The zero-order valence-corrected chi connectivity index (χ0v) is 15.5. The van der Waals surface area contributed by atoms with Crippen LogP contribution >= 0.6 is 0 Å². The van der Waals surface area contributed by atoms with Gasteiger partial charge in [0.15, 0.2) is 0 Å². The molecule has 2 aromatic carbocycles. The third kappa shape index (κ3) is 3.93. The Morgan fingerprint density at radius 3 is 2.16 bits per heavy atom. The third-order valence-corrected chi connectivity index (χ3v) is 4.81. The highest BCUT2D eigenvalue weighted by Gasteiger charge is 2.15. The molecular weight excluding hydrogens is 302 g/mol. The van der Waals surface area contributed by atoms with Crippen molar-refractivity contribution < 1.29 is 0 Å². The Morgan fingerprint density at radius 2 is 1.64 bits per heavy atom. The van der Waals surface area contributed by atoms with Gasteiger partial charge >= 0.3 is 0 Å². The number of hydrogen-bond acceptors (Lipinski definition) is 1. The standard InChI is InChI=1S/C24H27N/c1-5-20(4)21-10-16-24(17-11-21)25(22-12-6-18(2)7-13-22)23-14-8-19(3)9-15-23/h6-8,10-17,19H,4-5,9H2,1-3H3. The van der Waals surface area contributed by atoms with Gasteiger partial charge in [0, 0.05) is 17.1 Å². The predicted molar refractivity (Wildman–Crippen MR) is 110 cm³/mol. The first-order valence-electron chi connectivity index (χ1n) is 9.12. The molecule has 25 heavy (non-hydrogen) atoms. The average molecular weight is 329 g/mol. The van der Waals surface area contributed by atoms with Crippen LogP contribution in [-0.4, -0.2) is 0 Å². The van der Waals surface area contributed by atoms with E-state index < -0.39 is 0 Å². The van der Waals surface area contributed by atoms with Gasteiger partial charge in [-0.1, -0.05) is 62.4 Å². The topological polar surface area (TPSA) is 3.24 Å². The van der Waals surface area contributed by atoms with Crippen molar-refractivity contribution in [2.45, 2.75) is 33.6 Å². The minimum Gasteiger partial charge on any atom is -0.311 e. The zero-order valence-electron chi connectivity index (χ0n) is 15.5. The molecule has 0 aromatic heterocycles. The normalized spacial score (nSPS) is 16.4. The highest BCUT2D eigenvalue weighted by Crippen LogP contribution is 2.33. The summed E-state index contributed by atoms with van der Waals surface area (Å²) in [6.45, 7) is 10.7. The summed E-state index contributed by atoms with van der Waals surface area (Å²) in [6.07, 6.45) is 8.94. The summed E-state index contributed by atoms with van der Waals surface area (Å²) in [5.41, 5.74) is 7.29. The molecule has 0 N–H and O–H groups in total. The molecule has 1 nitrogen and oxygen atoms in total. The van der Waals surface area contributed by atoms with Crippen molar-refractivity contribution >= 4 is 16.9 Å². The Morgan fingerprint density at radius 1 is 1.04 bits per heavy atom. The predicted octanol–water partition coefficient (Wildman–Crippen LogP) is 7.04. The van der Waals surface area contributed by atoms with Crippen molar-refractivity contribution in [1.82, 2.24) is 0 Å². The highest BCUT2D eigenvalue weighted by molar-refractivity contribution is 5.73. The highest BCUT2D eigenvalue weighted by atomic mass is 15.1. The maximum Gasteiger partial charge on any atom is 0.0461 e. The molecule has 0 saturated carbocycles. The van der Waals surface area contributed by atoms with E-state index in [0.717, 1.165) is 12.8 Å². The Hall–Kier alpha value is -2.54. The molecule has 0 heterocycles. The van der Waals surface area contributed by atoms with Crippen molar-refractivity contribution in [3.05, 3.63) is 90.2 Å². The molecule has 0 fully saturated rings. The van der Waals surface area contributed by atoms with Crippen LogP contribution in [0.4, 0.5) is 11.4 Å². The first kappa shape index (κ1) is 17.3. The summed E-state index contributed by atoms with van der Waals surface area (Å²) in [7, 11) is 0. The fourth-order valence-electron chi connectivity index (χ4n) is 3.07. The van der Waals surface area contributed by atoms with E-state index in [1.54, 1.807) is 0 Å². The largest absolute Gasteiger partial charge is 0.311 e. The third-order valence-electron chi connectivity index (χ3n) is 4.81. The molecule has 0 aliphatic heterocycles. The fourth-order valence-corrected chi connectivity index (χ4v) is 3.07. The summed E-state index contributed by atoms with van der Waals surface area (Å²) < 4.78 is 0. The molecule has 1 aliphatic carbocycles. The van der Waals surface area contributed by atoms with Crippen LogP contribution in [0.25, 0.3) is 5.57 Å². The van der Waals surface area contributed by atoms with Gasteiger partial charge in [0.05, 0.1) is 0 Å². The lowest BCUT2D eigenvalue weighted by Gasteiger charge is -2.28. The van der Waals surface area contributed by atoms with E-state index in [2.05, 4.69) is 99.0 Å². The van der Waals surface area contributed by atoms with E-state index in [9.17, 15) is 0 Å². The summed E-state index contributed by atoms with van der Waals surface area (Å²) in [6, 6.07) is 17.5. The lowest BCUT2D eigenvalue weighted by molar-refractivity contribution is 0.728. The molecule has 128 valence electrons. The van der Waals surface area contributed by atoms with Crippen LogP contribution in [0, 0.1) is 12.8 Å². The van der Waals surface area contributed by atoms with Crippen molar-refractivity contribution in [1.29, 1.82) is 0 Å². The lowest BCUT2D eigenvalue weighted by Crippen LogP contribution is -2.17. The van der Waals surface area contributed by atoms with Gasteiger partial charge in [0.25, 0.3) is 0 Å². The molecule has 0 bridgehead atoms. The van der Waals surface area contributed by atoms with E-state index in [4.69, 9.17) is 0 Å². The van der Waals surface area contributed by atoms with Gasteiger partial charge in [-0.2, -0.15) is 0 Å². The molecule has 2 aromatic rings. The number of aryl methyl sites for hydroxylation is 1. The second-order valence-electron chi connectivity index (χ2n) is 6.88. The van der Waals surface area contributed by atoms with Gasteiger partial charge in [-0.15, -0.1) is 0 Å². The molecule has 3 rings (SSSR count). The molecular formula is C24H27N. The Bertz CT molecular complexity index is 791. The molecule has 0 amide bonds. The van der Waals surface area contributed by atoms with Crippen LogP contribution in [-0.2, 0) is 0 Å². The number of anilines is 2. The first-order valence-corrected chi connectivity index (χ1v) is 9.12. The van der Waals surface area contributed by atoms with Crippen LogP contribution in [0.1, 0.15) is 37.8 Å². The number of hydrogen-bond donors (Lipinski definition) is 0. The SMILES string of the molecule is C=C(CC)c1ccc(N(C2=CCC(C)C=C2)c2ccc(C)cc2)cc1. The number of benzene rings is 2. The van der Waals surface area contributed by atoms with E-state index in [1.165, 1.54) is 33.8 Å².